The van der Waals surface area contributed by atoms with Crippen LogP contribution in [0.4, 0.5) is 0 Å². The molecule has 0 radical (unpaired) electrons. The molecule has 3 heteroatoms. The zero-order valence-corrected chi connectivity index (χ0v) is 5.86. The minimum absolute atomic E-state index is 0.312. The average molecular weight is 140 g/mol. The van der Waals surface area contributed by atoms with Crippen LogP contribution in [0, 0.1) is 0 Å². The third kappa shape index (κ3) is 0.447. The number of fused-ring (bicyclic) bond motifs is 1. The lowest BCUT2D eigenvalue weighted by Gasteiger charge is -2.21. The Morgan fingerprint density at radius 3 is 2.90 bits per heavy atom. The molecule has 0 aliphatic carbocycles. The minimum atomic E-state index is 0.312. The third-order valence-electron chi connectivity index (χ3n) is 3.09. The Morgan fingerprint density at radius 2 is 2.30 bits per heavy atom. The maximum Gasteiger partial charge on any atom is 0.0873 e. The molecule has 10 heavy (non-hydrogen) atoms. The molecule has 2 N–H and O–H groups in total. The molecule has 0 amide bonds. The summed E-state index contributed by atoms with van der Waals surface area (Å²) in [5, 5.41) is 0. The molecule has 0 saturated carbocycles. The van der Waals surface area contributed by atoms with E-state index in [1.807, 2.05) is 0 Å². The Labute approximate surface area is 60.1 Å². The first-order chi connectivity index (χ1) is 4.86. The van der Waals surface area contributed by atoms with Crippen LogP contribution in [0.1, 0.15) is 6.42 Å². The second kappa shape index (κ2) is 1.55. The quantitative estimate of drug-likeness (QED) is 0.477. The summed E-state index contributed by atoms with van der Waals surface area (Å²) < 4.78 is 5.70. The number of morpholine rings is 1. The van der Waals surface area contributed by atoms with Gasteiger partial charge in [-0.25, -0.2) is 0 Å². The first-order valence-electron chi connectivity index (χ1n) is 4.01. The van der Waals surface area contributed by atoms with Crippen LogP contribution in [0.3, 0.4) is 0 Å². The SMILES string of the molecule is NC1[C@@H]2[C@@H]3CCN2C[C@H]1O3. The van der Waals surface area contributed by atoms with Gasteiger partial charge < -0.3 is 10.5 Å². The largest absolute Gasteiger partial charge is 0.370 e. The molecule has 3 nitrogen and oxygen atoms in total. The van der Waals surface area contributed by atoms with Gasteiger partial charge in [-0.15, -0.1) is 0 Å². The topological polar surface area (TPSA) is 38.5 Å². The highest BCUT2D eigenvalue weighted by Gasteiger charge is 2.55. The van der Waals surface area contributed by atoms with E-state index in [0.717, 1.165) is 6.54 Å². The van der Waals surface area contributed by atoms with Gasteiger partial charge in [-0.05, 0) is 6.42 Å². The Balaban J connectivity index is 2.01. The molecule has 3 aliphatic rings. The first-order valence-corrected chi connectivity index (χ1v) is 4.01. The van der Waals surface area contributed by atoms with Gasteiger partial charge in [0.2, 0.25) is 0 Å². The maximum absolute atomic E-state index is 5.94. The van der Waals surface area contributed by atoms with Gasteiger partial charge in [0.25, 0.3) is 0 Å². The Kier molecular flexibility index (Phi) is 0.854. The fraction of sp³-hybridized carbons (Fsp3) is 1.00. The Morgan fingerprint density at radius 1 is 1.40 bits per heavy atom. The van der Waals surface area contributed by atoms with Gasteiger partial charge in [0, 0.05) is 13.1 Å². The van der Waals surface area contributed by atoms with Gasteiger partial charge >= 0.3 is 0 Å². The Bertz CT molecular complexity index is 156. The Hall–Kier alpha value is -0.120. The smallest absolute Gasteiger partial charge is 0.0873 e. The van der Waals surface area contributed by atoms with Crippen LogP contribution in [-0.4, -0.2) is 42.3 Å². The van der Waals surface area contributed by atoms with Crippen molar-refractivity contribution in [1.29, 1.82) is 0 Å². The zero-order chi connectivity index (χ0) is 6.72. The van der Waals surface area contributed by atoms with Crippen LogP contribution in [0.25, 0.3) is 0 Å². The second-order valence-corrected chi connectivity index (χ2v) is 3.56. The van der Waals surface area contributed by atoms with Crippen molar-refractivity contribution in [1.82, 2.24) is 4.90 Å². The van der Waals surface area contributed by atoms with Crippen LogP contribution >= 0.6 is 0 Å². The van der Waals surface area contributed by atoms with Crippen LogP contribution in [-0.2, 0) is 4.74 Å². The van der Waals surface area contributed by atoms with Crippen molar-refractivity contribution in [3.8, 4) is 0 Å². The normalized spacial score (nSPS) is 58.5. The summed E-state index contributed by atoms with van der Waals surface area (Å²) in [6.45, 7) is 2.29. The average Bonchev–Trinajstić information content (AvgIpc) is 2.44. The van der Waals surface area contributed by atoms with E-state index >= 15 is 0 Å². The van der Waals surface area contributed by atoms with Crippen molar-refractivity contribution in [3.05, 3.63) is 0 Å². The maximum atomic E-state index is 5.94. The number of rotatable bonds is 0. The molecule has 3 rings (SSSR count). The summed E-state index contributed by atoms with van der Waals surface area (Å²) >= 11 is 0. The van der Waals surface area contributed by atoms with Gasteiger partial charge in [0.1, 0.15) is 0 Å². The lowest BCUT2D eigenvalue weighted by molar-refractivity contribution is 0.00885. The van der Waals surface area contributed by atoms with Gasteiger partial charge in [-0.3, -0.25) is 4.90 Å². The molecule has 0 aromatic carbocycles. The van der Waals surface area contributed by atoms with Crippen LogP contribution in [0.5, 0.6) is 0 Å². The van der Waals surface area contributed by atoms with Gasteiger partial charge in [-0.2, -0.15) is 0 Å². The zero-order valence-electron chi connectivity index (χ0n) is 5.86. The highest BCUT2D eigenvalue weighted by Crippen LogP contribution is 2.38. The van der Waals surface area contributed by atoms with Gasteiger partial charge in [0.05, 0.1) is 24.3 Å². The summed E-state index contributed by atoms with van der Waals surface area (Å²) in [4.78, 5) is 2.48. The summed E-state index contributed by atoms with van der Waals surface area (Å²) in [5.74, 6) is 0. The molecule has 1 unspecified atom stereocenters. The molecule has 0 spiro atoms. The molecule has 3 heterocycles. The van der Waals surface area contributed by atoms with E-state index in [0.29, 0.717) is 24.3 Å². The van der Waals surface area contributed by atoms with Crippen LogP contribution < -0.4 is 5.73 Å². The molecule has 2 bridgehead atoms. The van der Waals surface area contributed by atoms with Crippen molar-refractivity contribution < 1.29 is 4.74 Å². The number of nitrogens with zero attached hydrogens (tertiary/aromatic N) is 1. The predicted molar refractivity (Wildman–Crippen MR) is 36.6 cm³/mol. The monoisotopic (exact) mass is 140 g/mol. The van der Waals surface area contributed by atoms with Gasteiger partial charge in [-0.1, -0.05) is 0 Å². The van der Waals surface area contributed by atoms with Crippen molar-refractivity contribution >= 4 is 0 Å². The van der Waals surface area contributed by atoms with E-state index in [2.05, 4.69) is 4.90 Å². The lowest BCUT2D eigenvalue weighted by atomic mass is 10.1. The third-order valence-corrected chi connectivity index (χ3v) is 3.09. The summed E-state index contributed by atoms with van der Waals surface area (Å²) in [6.07, 6.45) is 2.04. The molecule has 56 valence electrons. The van der Waals surface area contributed by atoms with Gasteiger partial charge in [0.15, 0.2) is 0 Å². The van der Waals surface area contributed by atoms with E-state index in [9.17, 15) is 0 Å². The van der Waals surface area contributed by atoms with Crippen molar-refractivity contribution in [2.45, 2.75) is 30.7 Å². The second-order valence-electron chi connectivity index (χ2n) is 3.56. The minimum Gasteiger partial charge on any atom is -0.370 e. The number of ether oxygens (including phenoxy) is 1. The van der Waals surface area contributed by atoms with E-state index in [4.69, 9.17) is 10.5 Å². The molecular formula is C7H12N2O. The standard InChI is InChI=1S/C7H12N2O/c8-6-5-3-9-2-1-4(10-5)7(6)9/h4-7H,1-3,8H2/t4-,5+,6?,7-/m0/s1. The lowest BCUT2D eigenvalue weighted by Crippen LogP contribution is -2.38. The van der Waals surface area contributed by atoms with Crippen molar-refractivity contribution in [2.75, 3.05) is 13.1 Å². The molecule has 0 aromatic rings. The molecule has 4 atom stereocenters. The predicted octanol–water partition coefficient (Wildman–Crippen LogP) is -0.831. The summed E-state index contributed by atoms with van der Waals surface area (Å²) in [6, 6.07) is 0.887. The molecule has 3 fully saturated rings. The van der Waals surface area contributed by atoms with Crippen molar-refractivity contribution in [3.63, 3.8) is 0 Å². The van der Waals surface area contributed by atoms with Crippen LogP contribution in [0.2, 0.25) is 0 Å². The highest BCUT2D eigenvalue weighted by molar-refractivity contribution is 5.10. The van der Waals surface area contributed by atoms with E-state index < -0.39 is 0 Å². The molecule has 0 aromatic heterocycles. The fourth-order valence-corrected chi connectivity index (χ4v) is 2.63. The van der Waals surface area contributed by atoms with Crippen LogP contribution in [0.15, 0.2) is 0 Å². The first kappa shape index (κ1) is 5.52. The van der Waals surface area contributed by atoms with E-state index in [1.54, 1.807) is 0 Å². The summed E-state index contributed by atoms with van der Waals surface area (Å²) in [5.41, 5.74) is 5.94. The van der Waals surface area contributed by atoms with E-state index in [1.165, 1.54) is 13.0 Å². The highest BCUT2D eigenvalue weighted by atomic mass is 16.5. The van der Waals surface area contributed by atoms with Crippen molar-refractivity contribution in [2.24, 2.45) is 5.73 Å². The van der Waals surface area contributed by atoms with E-state index in [-0.39, 0.29) is 0 Å². The molecule has 3 aliphatic heterocycles. The fourth-order valence-electron chi connectivity index (χ4n) is 2.63. The molecular weight excluding hydrogens is 128 g/mol. The number of hydrogen-bond donors (Lipinski definition) is 1. The molecule has 3 saturated heterocycles. The number of nitrogens with two attached hydrogens (primary N) is 1. The summed E-state index contributed by atoms with van der Waals surface area (Å²) in [7, 11) is 0. The number of hydrogen-bond acceptors (Lipinski definition) is 3.